The van der Waals surface area contributed by atoms with Crippen LogP contribution in [0.15, 0.2) is 53.0 Å². The van der Waals surface area contributed by atoms with Crippen molar-refractivity contribution in [2.24, 2.45) is 0 Å². The lowest BCUT2D eigenvalue weighted by atomic mass is 10.1. The standard InChI is InChI=1S/C16H15BrF2N2O2/c1-10(11-5-4-6-12(9-11)23-15(18)19)20-16(22)21-14-8-3-2-7-13(14)17/h2-10,15H,1H3,(H2,20,21,22). The van der Waals surface area contributed by atoms with Crippen LogP contribution in [0.1, 0.15) is 18.5 Å². The Hall–Kier alpha value is -2.15. The summed E-state index contributed by atoms with van der Waals surface area (Å²) in [4.78, 5) is 12.0. The smallest absolute Gasteiger partial charge is 0.387 e. The van der Waals surface area contributed by atoms with Gasteiger partial charge < -0.3 is 15.4 Å². The molecule has 2 rings (SSSR count). The van der Waals surface area contributed by atoms with Crippen LogP contribution in [-0.4, -0.2) is 12.6 Å². The average Bonchev–Trinajstić information content (AvgIpc) is 2.49. The van der Waals surface area contributed by atoms with E-state index in [2.05, 4.69) is 31.3 Å². The van der Waals surface area contributed by atoms with Gasteiger partial charge in [0.1, 0.15) is 5.75 Å². The van der Waals surface area contributed by atoms with Crippen LogP contribution in [0.5, 0.6) is 5.75 Å². The normalized spacial score (nSPS) is 11.9. The fourth-order valence-corrected chi connectivity index (χ4v) is 2.34. The lowest BCUT2D eigenvalue weighted by Crippen LogP contribution is -2.31. The third-order valence-electron chi connectivity index (χ3n) is 3.05. The maximum atomic E-state index is 12.2. The van der Waals surface area contributed by atoms with Crippen LogP contribution in [0, 0.1) is 0 Å². The van der Waals surface area contributed by atoms with Gasteiger partial charge in [0.25, 0.3) is 0 Å². The number of amides is 2. The van der Waals surface area contributed by atoms with Crippen LogP contribution in [0.4, 0.5) is 19.3 Å². The SMILES string of the molecule is CC(NC(=O)Nc1ccccc1Br)c1cccc(OC(F)F)c1. The van der Waals surface area contributed by atoms with Gasteiger partial charge in [-0.2, -0.15) is 8.78 Å². The molecule has 23 heavy (non-hydrogen) atoms. The molecule has 2 amide bonds. The molecule has 122 valence electrons. The first kappa shape index (κ1) is 17.2. The first-order valence-electron chi connectivity index (χ1n) is 6.82. The van der Waals surface area contributed by atoms with Gasteiger partial charge in [-0.1, -0.05) is 24.3 Å². The topological polar surface area (TPSA) is 50.4 Å². The molecule has 2 N–H and O–H groups in total. The molecule has 0 aliphatic rings. The molecule has 0 aromatic heterocycles. The number of benzene rings is 2. The molecule has 2 aromatic carbocycles. The van der Waals surface area contributed by atoms with Gasteiger partial charge in [-0.05, 0) is 52.7 Å². The molecule has 7 heteroatoms. The van der Waals surface area contributed by atoms with E-state index >= 15 is 0 Å². The summed E-state index contributed by atoms with van der Waals surface area (Å²) in [7, 11) is 0. The molecule has 1 unspecified atom stereocenters. The molecule has 0 bridgehead atoms. The maximum absolute atomic E-state index is 12.2. The summed E-state index contributed by atoms with van der Waals surface area (Å²) in [5.74, 6) is 0.0531. The van der Waals surface area contributed by atoms with Crippen molar-refractivity contribution in [3.8, 4) is 5.75 Å². The fourth-order valence-electron chi connectivity index (χ4n) is 1.96. The van der Waals surface area contributed by atoms with Crippen molar-refractivity contribution in [3.05, 3.63) is 58.6 Å². The van der Waals surface area contributed by atoms with Gasteiger partial charge in [0.05, 0.1) is 11.7 Å². The molecular formula is C16H15BrF2N2O2. The highest BCUT2D eigenvalue weighted by Crippen LogP contribution is 2.23. The number of nitrogens with one attached hydrogen (secondary N) is 2. The van der Waals surface area contributed by atoms with E-state index in [9.17, 15) is 13.6 Å². The second-order valence-corrected chi connectivity index (χ2v) is 5.61. The van der Waals surface area contributed by atoms with E-state index in [0.29, 0.717) is 11.3 Å². The van der Waals surface area contributed by atoms with Crippen molar-refractivity contribution >= 4 is 27.6 Å². The summed E-state index contributed by atoms with van der Waals surface area (Å²) < 4.78 is 29.6. The first-order chi connectivity index (χ1) is 11.0. The van der Waals surface area contributed by atoms with Crippen LogP contribution in [0.25, 0.3) is 0 Å². The molecule has 0 heterocycles. The average molecular weight is 385 g/mol. The number of carbonyl (C=O) groups is 1. The lowest BCUT2D eigenvalue weighted by molar-refractivity contribution is -0.0499. The van der Waals surface area contributed by atoms with Crippen molar-refractivity contribution in [2.45, 2.75) is 19.6 Å². The Labute approximate surface area is 141 Å². The Morgan fingerprint density at radius 1 is 1.17 bits per heavy atom. The maximum Gasteiger partial charge on any atom is 0.387 e. The minimum Gasteiger partial charge on any atom is -0.435 e. The molecule has 0 saturated carbocycles. The molecule has 0 aliphatic carbocycles. The molecule has 0 radical (unpaired) electrons. The third-order valence-corrected chi connectivity index (χ3v) is 3.74. The van der Waals surface area contributed by atoms with Gasteiger partial charge in [-0.25, -0.2) is 4.79 Å². The Kier molecular flexibility index (Phi) is 5.92. The van der Waals surface area contributed by atoms with E-state index in [1.807, 2.05) is 12.1 Å². The summed E-state index contributed by atoms with van der Waals surface area (Å²) in [6.07, 6.45) is 0. The molecule has 0 aliphatic heterocycles. The largest absolute Gasteiger partial charge is 0.435 e. The highest BCUT2D eigenvalue weighted by atomic mass is 79.9. The van der Waals surface area contributed by atoms with Gasteiger partial charge in [-0.15, -0.1) is 0 Å². The highest BCUT2D eigenvalue weighted by molar-refractivity contribution is 9.10. The molecule has 0 saturated heterocycles. The van der Waals surface area contributed by atoms with Gasteiger partial charge in [-0.3, -0.25) is 0 Å². The number of halogens is 3. The number of hydrogen-bond donors (Lipinski definition) is 2. The molecule has 0 spiro atoms. The third kappa shape index (κ3) is 5.21. The summed E-state index contributed by atoms with van der Waals surface area (Å²) in [5.41, 5.74) is 1.29. The summed E-state index contributed by atoms with van der Waals surface area (Å²) in [6.45, 7) is -1.13. The summed E-state index contributed by atoms with van der Waals surface area (Å²) in [5, 5.41) is 5.45. The molecular weight excluding hydrogens is 370 g/mol. The zero-order valence-electron chi connectivity index (χ0n) is 12.2. The van der Waals surface area contributed by atoms with E-state index < -0.39 is 12.6 Å². The van der Waals surface area contributed by atoms with Crippen LogP contribution in [-0.2, 0) is 0 Å². The fraction of sp³-hybridized carbons (Fsp3) is 0.188. The number of hydrogen-bond acceptors (Lipinski definition) is 2. The number of anilines is 1. The van der Waals surface area contributed by atoms with E-state index in [4.69, 9.17) is 0 Å². The Balaban J connectivity index is 1.99. The zero-order chi connectivity index (χ0) is 16.8. The number of alkyl halides is 2. The number of carbonyl (C=O) groups excluding carboxylic acids is 1. The summed E-state index contributed by atoms with van der Waals surface area (Å²) >= 11 is 3.34. The second-order valence-electron chi connectivity index (χ2n) is 4.75. The lowest BCUT2D eigenvalue weighted by Gasteiger charge is -2.16. The van der Waals surface area contributed by atoms with Gasteiger partial charge >= 0.3 is 12.6 Å². The van der Waals surface area contributed by atoms with Crippen molar-refractivity contribution in [3.63, 3.8) is 0 Å². The van der Waals surface area contributed by atoms with E-state index in [1.165, 1.54) is 12.1 Å². The summed E-state index contributed by atoms with van der Waals surface area (Å²) in [6, 6.07) is 12.6. The first-order valence-corrected chi connectivity index (χ1v) is 7.62. The minimum absolute atomic E-state index is 0.0531. The number of ether oxygens (including phenoxy) is 1. The van der Waals surface area contributed by atoms with Crippen molar-refractivity contribution < 1.29 is 18.3 Å². The minimum atomic E-state index is -2.88. The molecule has 4 nitrogen and oxygen atoms in total. The van der Waals surface area contributed by atoms with E-state index in [0.717, 1.165) is 4.47 Å². The van der Waals surface area contributed by atoms with E-state index in [-0.39, 0.29) is 11.8 Å². The van der Waals surface area contributed by atoms with Gasteiger partial charge in [0.15, 0.2) is 0 Å². The Bertz CT molecular complexity index is 683. The number of para-hydroxylation sites is 1. The highest BCUT2D eigenvalue weighted by Gasteiger charge is 2.12. The second kappa shape index (κ2) is 7.92. The van der Waals surface area contributed by atoms with Crippen LogP contribution >= 0.6 is 15.9 Å². The Morgan fingerprint density at radius 3 is 2.61 bits per heavy atom. The van der Waals surface area contributed by atoms with Crippen LogP contribution < -0.4 is 15.4 Å². The number of rotatable bonds is 5. The predicted octanol–water partition coefficient (Wildman–Crippen LogP) is 4.93. The Morgan fingerprint density at radius 2 is 1.91 bits per heavy atom. The van der Waals surface area contributed by atoms with Crippen molar-refractivity contribution in [2.75, 3.05) is 5.32 Å². The van der Waals surface area contributed by atoms with Gasteiger partial charge in [0.2, 0.25) is 0 Å². The monoisotopic (exact) mass is 384 g/mol. The van der Waals surface area contributed by atoms with Crippen molar-refractivity contribution in [1.29, 1.82) is 0 Å². The molecule has 2 aromatic rings. The quantitative estimate of drug-likeness (QED) is 0.767. The predicted molar refractivity (Wildman–Crippen MR) is 87.8 cm³/mol. The van der Waals surface area contributed by atoms with E-state index in [1.54, 1.807) is 31.2 Å². The van der Waals surface area contributed by atoms with Crippen molar-refractivity contribution in [1.82, 2.24) is 5.32 Å². The van der Waals surface area contributed by atoms with Crippen LogP contribution in [0.3, 0.4) is 0 Å². The molecule has 0 fully saturated rings. The number of urea groups is 1. The molecule has 1 atom stereocenters. The van der Waals surface area contributed by atoms with Gasteiger partial charge in [0, 0.05) is 4.47 Å². The van der Waals surface area contributed by atoms with Crippen LogP contribution in [0.2, 0.25) is 0 Å². The zero-order valence-corrected chi connectivity index (χ0v) is 13.8.